The van der Waals surface area contributed by atoms with Gasteiger partial charge < -0.3 is 21.9 Å². The minimum Gasteiger partial charge on any atom is -0.378 e. The smallest absolute Gasteiger partial charge is 0.0618 e. The van der Waals surface area contributed by atoms with Gasteiger partial charge in [-0.05, 0) is 31.7 Å². The minimum absolute atomic E-state index is 0.0970. The standard InChI is InChI=1S/C11H27N3O/c1-9(2)6-11(14)8-15-7-10(13)4-3-5-12/h9-11H,3-8,12-14H2,1-2H3/t10-,11+/m0/s1. The van der Waals surface area contributed by atoms with Crippen LogP contribution in [0, 0.1) is 5.92 Å². The molecular formula is C11H27N3O. The highest BCUT2D eigenvalue weighted by atomic mass is 16.5. The fourth-order valence-corrected chi connectivity index (χ4v) is 1.51. The normalized spacial score (nSPS) is 15.6. The Morgan fingerprint density at radius 2 is 1.67 bits per heavy atom. The van der Waals surface area contributed by atoms with E-state index < -0.39 is 0 Å². The molecule has 0 spiro atoms. The predicted molar refractivity (Wildman–Crippen MR) is 64.5 cm³/mol. The van der Waals surface area contributed by atoms with Crippen LogP contribution in [-0.2, 0) is 4.74 Å². The summed E-state index contributed by atoms with van der Waals surface area (Å²) < 4.78 is 5.46. The van der Waals surface area contributed by atoms with E-state index in [9.17, 15) is 0 Å². The first-order valence-corrected chi connectivity index (χ1v) is 5.85. The van der Waals surface area contributed by atoms with E-state index in [0.29, 0.717) is 25.7 Å². The first-order valence-electron chi connectivity index (χ1n) is 5.85. The molecule has 0 saturated heterocycles. The van der Waals surface area contributed by atoms with E-state index in [2.05, 4.69) is 13.8 Å². The third-order valence-electron chi connectivity index (χ3n) is 2.22. The average molecular weight is 217 g/mol. The average Bonchev–Trinajstić information content (AvgIpc) is 2.13. The monoisotopic (exact) mass is 217 g/mol. The second-order valence-electron chi connectivity index (χ2n) is 4.62. The zero-order valence-electron chi connectivity index (χ0n) is 10.1. The number of ether oxygens (including phenoxy) is 1. The number of rotatable bonds is 9. The van der Waals surface area contributed by atoms with Gasteiger partial charge in [0.1, 0.15) is 0 Å². The van der Waals surface area contributed by atoms with E-state index in [1.807, 2.05) is 0 Å². The fourth-order valence-electron chi connectivity index (χ4n) is 1.51. The van der Waals surface area contributed by atoms with E-state index in [4.69, 9.17) is 21.9 Å². The second-order valence-corrected chi connectivity index (χ2v) is 4.62. The van der Waals surface area contributed by atoms with Crippen molar-refractivity contribution in [3.8, 4) is 0 Å². The van der Waals surface area contributed by atoms with E-state index in [-0.39, 0.29) is 12.1 Å². The zero-order chi connectivity index (χ0) is 11.7. The van der Waals surface area contributed by atoms with Gasteiger partial charge >= 0.3 is 0 Å². The van der Waals surface area contributed by atoms with Crippen molar-refractivity contribution in [1.29, 1.82) is 0 Å². The van der Waals surface area contributed by atoms with Crippen LogP contribution >= 0.6 is 0 Å². The minimum atomic E-state index is 0.0970. The quantitative estimate of drug-likeness (QED) is 0.523. The molecule has 0 aromatic heterocycles. The maximum atomic E-state index is 5.88. The molecule has 0 amide bonds. The maximum Gasteiger partial charge on any atom is 0.0618 e. The van der Waals surface area contributed by atoms with Crippen LogP contribution in [0.5, 0.6) is 0 Å². The van der Waals surface area contributed by atoms with E-state index in [0.717, 1.165) is 19.3 Å². The van der Waals surface area contributed by atoms with Crippen molar-refractivity contribution < 1.29 is 4.74 Å². The summed E-state index contributed by atoms with van der Waals surface area (Å²) in [7, 11) is 0. The van der Waals surface area contributed by atoms with Gasteiger partial charge in [0.15, 0.2) is 0 Å². The van der Waals surface area contributed by atoms with Gasteiger partial charge in [-0.2, -0.15) is 0 Å². The van der Waals surface area contributed by atoms with E-state index in [1.54, 1.807) is 0 Å². The summed E-state index contributed by atoms with van der Waals surface area (Å²) in [6, 6.07) is 0.228. The summed E-state index contributed by atoms with van der Waals surface area (Å²) in [5.74, 6) is 0.620. The second kappa shape index (κ2) is 9.09. The van der Waals surface area contributed by atoms with Crippen molar-refractivity contribution in [3.63, 3.8) is 0 Å². The molecule has 2 atom stereocenters. The molecule has 15 heavy (non-hydrogen) atoms. The third-order valence-corrected chi connectivity index (χ3v) is 2.22. The van der Waals surface area contributed by atoms with Gasteiger partial charge in [0.2, 0.25) is 0 Å². The number of nitrogens with two attached hydrogens (primary N) is 3. The van der Waals surface area contributed by atoms with Crippen LogP contribution in [0.3, 0.4) is 0 Å². The van der Waals surface area contributed by atoms with E-state index >= 15 is 0 Å². The van der Waals surface area contributed by atoms with Gasteiger partial charge in [0, 0.05) is 12.1 Å². The van der Waals surface area contributed by atoms with Crippen molar-refractivity contribution >= 4 is 0 Å². The lowest BCUT2D eigenvalue weighted by molar-refractivity contribution is 0.102. The highest BCUT2D eigenvalue weighted by Crippen LogP contribution is 2.03. The molecule has 0 aliphatic heterocycles. The van der Waals surface area contributed by atoms with Crippen molar-refractivity contribution in [3.05, 3.63) is 0 Å². The molecule has 0 aliphatic rings. The summed E-state index contributed by atoms with van der Waals surface area (Å²) in [6.07, 6.45) is 2.89. The molecule has 0 radical (unpaired) electrons. The van der Waals surface area contributed by atoms with Crippen molar-refractivity contribution in [2.75, 3.05) is 19.8 Å². The Hall–Kier alpha value is -0.160. The summed E-state index contributed by atoms with van der Waals surface area (Å²) in [6.45, 7) is 6.21. The van der Waals surface area contributed by atoms with Crippen LogP contribution in [0.1, 0.15) is 33.1 Å². The predicted octanol–water partition coefficient (Wildman–Crippen LogP) is 0.443. The summed E-state index contributed by atoms with van der Waals surface area (Å²) in [5, 5.41) is 0. The molecule has 0 fully saturated rings. The van der Waals surface area contributed by atoms with Crippen LogP contribution in [0.2, 0.25) is 0 Å². The largest absolute Gasteiger partial charge is 0.378 e. The van der Waals surface area contributed by atoms with Gasteiger partial charge in [0.25, 0.3) is 0 Å². The van der Waals surface area contributed by atoms with Crippen molar-refractivity contribution in [2.45, 2.75) is 45.2 Å². The highest BCUT2D eigenvalue weighted by molar-refractivity contribution is 4.64. The zero-order valence-corrected chi connectivity index (χ0v) is 10.1. The Morgan fingerprint density at radius 1 is 1.07 bits per heavy atom. The first kappa shape index (κ1) is 14.8. The van der Waals surface area contributed by atoms with Gasteiger partial charge in [0.05, 0.1) is 13.2 Å². The van der Waals surface area contributed by atoms with Crippen molar-refractivity contribution in [2.24, 2.45) is 23.1 Å². The van der Waals surface area contributed by atoms with Gasteiger partial charge in [-0.1, -0.05) is 13.8 Å². The molecule has 0 aromatic carbocycles. The van der Waals surface area contributed by atoms with Crippen LogP contribution in [0.4, 0.5) is 0 Å². The third kappa shape index (κ3) is 10.1. The summed E-state index contributed by atoms with van der Waals surface area (Å²) in [4.78, 5) is 0. The van der Waals surface area contributed by atoms with Crippen LogP contribution < -0.4 is 17.2 Å². The Balaban J connectivity index is 3.35. The van der Waals surface area contributed by atoms with Gasteiger partial charge in [-0.25, -0.2) is 0 Å². The molecule has 0 heterocycles. The number of hydrogen-bond acceptors (Lipinski definition) is 4. The molecule has 0 rings (SSSR count). The number of hydrogen-bond donors (Lipinski definition) is 3. The van der Waals surface area contributed by atoms with E-state index in [1.165, 1.54) is 0 Å². The molecule has 6 N–H and O–H groups in total. The molecular weight excluding hydrogens is 190 g/mol. The Morgan fingerprint density at radius 3 is 2.20 bits per heavy atom. The van der Waals surface area contributed by atoms with Crippen LogP contribution in [0.25, 0.3) is 0 Å². The van der Waals surface area contributed by atoms with Gasteiger partial charge in [-0.15, -0.1) is 0 Å². The topological polar surface area (TPSA) is 87.3 Å². The fraction of sp³-hybridized carbons (Fsp3) is 1.00. The van der Waals surface area contributed by atoms with Crippen LogP contribution in [-0.4, -0.2) is 31.8 Å². The summed E-state index contributed by atoms with van der Waals surface area (Å²) in [5.41, 5.74) is 17.1. The lowest BCUT2D eigenvalue weighted by Crippen LogP contribution is -2.32. The van der Waals surface area contributed by atoms with Gasteiger partial charge in [-0.3, -0.25) is 0 Å². The summed E-state index contributed by atoms with van der Waals surface area (Å²) >= 11 is 0. The molecule has 4 heteroatoms. The highest BCUT2D eigenvalue weighted by Gasteiger charge is 2.07. The van der Waals surface area contributed by atoms with Crippen molar-refractivity contribution in [1.82, 2.24) is 0 Å². The Bertz CT molecular complexity index is 142. The van der Waals surface area contributed by atoms with Crippen LogP contribution in [0.15, 0.2) is 0 Å². The molecule has 0 saturated carbocycles. The SMILES string of the molecule is CC(C)C[C@@H](N)COC[C@@H](N)CCCN. The molecule has 92 valence electrons. The Labute approximate surface area is 93.5 Å². The molecule has 0 aromatic rings. The molecule has 0 unspecified atom stereocenters. The lowest BCUT2D eigenvalue weighted by Gasteiger charge is -2.16. The molecule has 0 bridgehead atoms. The lowest BCUT2D eigenvalue weighted by atomic mass is 10.1. The maximum absolute atomic E-state index is 5.88. The Kier molecular flexibility index (Phi) is 9.00. The molecule has 4 nitrogen and oxygen atoms in total. The first-order chi connectivity index (χ1) is 7.06. The molecule has 0 aliphatic carbocycles.